The highest BCUT2D eigenvalue weighted by Gasteiger charge is 2.27. The van der Waals surface area contributed by atoms with Crippen LogP contribution in [-0.2, 0) is 4.79 Å². The first kappa shape index (κ1) is 20.2. The van der Waals surface area contributed by atoms with Gasteiger partial charge in [0.2, 0.25) is 5.91 Å². The molecule has 1 amide bonds. The first-order valence-electron chi connectivity index (χ1n) is 9.42. The van der Waals surface area contributed by atoms with Crippen LogP contribution in [0.15, 0.2) is 36.7 Å². The van der Waals surface area contributed by atoms with Gasteiger partial charge in [-0.15, -0.1) is 0 Å². The van der Waals surface area contributed by atoms with Crippen molar-refractivity contribution in [3.05, 3.63) is 47.5 Å². The van der Waals surface area contributed by atoms with E-state index in [-0.39, 0.29) is 22.7 Å². The van der Waals surface area contributed by atoms with Crippen LogP contribution in [0, 0.1) is 5.82 Å². The van der Waals surface area contributed by atoms with E-state index in [9.17, 15) is 9.18 Å². The molecule has 1 aliphatic heterocycles. The number of likely N-dealkylation sites (tertiary alicyclic amines) is 1. The van der Waals surface area contributed by atoms with Crippen molar-refractivity contribution in [3.63, 3.8) is 0 Å². The van der Waals surface area contributed by atoms with Crippen molar-refractivity contribution in [1.29, 1.82) is 0 Å². The van der Waals surface area contributed by atoms with Crippen molar-refractivity contribution >= 4 is 39.9 Å². The summed E-state index contributed by atoms with van der Waals surface area (Å²) in [7, 11) is 1.55. The van der Waals surface area contributed by atoms with Crippen molar-refractivity contribution in [2.24, 2.45) is 0 Å². The molecule has 156 valence electrons. The topological polar surface area (TPSA) is 76.6 Å². The Bertz CT molecular complexity index is 1110. The van der Waals surface area contributed by atoms with Crippen LogP contribution in [0.25, 0.3) is 10.9 Å². The van der Waals surface area contributed by atoms with E-state index >= 15 is 0 Å². The van der Waals surface area contributed by atoms with E-state index in [0.29, 0.717) is 41.3 Å². The van der Waals surface area contributed by atoms with E-state index in [1.54, 1.807) is 43.2 Å². The molecule has 0 saturated carbocycles. The minimum Gasteiger partial charge on any atom is -0.493 e. The number of hydrogen-bond acceptors (Lipinski definition) is 6. The van der Waals surface area contributed by atoms with E-state index in [0.717, 1.165) is 6.42 Å². The summed E-state index contributed by atoms with van der Waals surface area (Å²) < 4.78 is 25.9. The lowest BCUT2D eigenvalue weighted by Crippen LogP contribution is -2.28. The molecule has 0 aliphatic carbocycles. The van der Waals surface area contributed by atoms with Gasteiger partial charge in [-0.2, -0.15) is 0 Å². The minimum atomic E-state index is -0.564. The van der Waals surface area contributed by atoms with Gasteiger partial charge in [0.1, 0.15) is 18.2 Å². The summed E-state index contributed by atoms with van der Waals surface area (Å²) in [4.78, 5) is 21.9. The summed E-state index contributed by atoms with van der Waals surface area (Å²) in [5.41, 5.74) is 0.810. The summed E-state index contributed by atoms with van der Waals surface area (Å²) in [6, 6.07) is 8.20. The van der Waals surface area contributed by atoms with Crippen molar-refractivity contribution in [2.45, 2.75) is 19.4 Å². The van der Waals surface area contributed by atoms with Gasteiger partial charge in [0.15, 0.2) is 17.3 Å². The van der Waals surface area contributed by atoms with Crippen LogP contribution >= 0.6 is 11.6 Å². The van der Waals surface area contributed by atoms with E-state index < -0.39 is 5.82 Å². The van der Waals surface area contributed by atoms with E-state index in [1.165, 1.54) is 12.4 Å². The molecule has 1 N–H and O–H groups in total. The second-order valence-corrected chi connectivity index (χ2v) is 7.37. The Morgan fingerprint density at radius 2 is 2.13 bits per heavy atom. The lowest BCUT2D eigenvalue weighted by Gasteiger charge is -2.18. The molecular weight excluding hydrogens is 411 g/mol. The van der Waals surface area contributed by atoms with E-state index in [4.69, 9.17) is 21.1 Å². The Labute approximate surface area is 177 Å². The van der Waals surface area contributed by atoms with Crippen LogP contribution in [-0.4, -0.2) is 47.1 Å². The monoisotopic (exact) mass is 430 g/mol. The fraction of sp³-hybridized carbons (Fsp3) is 0.286. The summed E-state index contributed by atoms with van der Waals surface area (Å²) >= 11 is 5.88. The lowest BCUT2D eigenvalue weighted by atomic mass is 10.2. The number of nitrogens with one attached hydrogen (secondary N) is 1. The van der Waals surface area contributed by atoms with Crippen molar-refractivity contribution in [1.82, 2.24) is 14.9 Å². The van der Waals surface area contributed by atoms with Crippen molar-refractivity contribution in [2.75, 3.05) is 25.5 Å². The molecule has 2 heterocycles. The third-order valence-corrected chi connectivity index (χ3v) is 5.30. The van der Waals surface area contributed by atoms with Gasteiger partial charge in [-0.1, -0.05) is 17.7 Å². The number of carbonyl (C=O) groups excluding carboxylic acids is 1. The second kappa shape index (κ2) is 8.31. The molecule has 3 aromatic rings. The van der Waals surface area contributed by atoms with Gasteiger partial charge < -0.3 is 19.7 Å². The maximum absolute atomic E-state index is 14.3. The molecule has 30 heavy (non-hydrogen) atoms. The van der Waals surface area contributed by atoms with Gasteiger partial charge in [-0.25, -0.2) is 14.4 Å². The number of hydrogen-bond donors (Lipinski definition) is 1. The van der Waals surface area contributed by atoms with E-state index in [2.05, 4.69) is 15.3 Å². The Morgan fingerprint density at radius 1 is 1.30 bits per heavy atom. The summed E-state index contributed by atoms with van der Waals surface area (Å²) in [6.45, 7) is 2.71. The first-order valence-corrected chi connectivity index (χ1v) is 9.80. The fourth-order valence-electron chi connectivity index (χ4n) is 3.43. The number of amides is 1. The number of ether oxygens (including phenoxy) is 2. The maximum atomic E-state index is 14.3. The van der Waals surface area contributed by atoms with Crippen molar-refractivity contribution in [3.8, 4) is 11.5 Å². The van der Waals surface area contributed by atoms with Crippen LogP contribution in [0.3, 0.4) is 0 Å². The van der Waals surface area contributed by atoms with Crippen LogP contribution in [0.5, 0.6) is 11.5 Å². The summed E-state index contributed by atoms with van der Waals surface area (Å²) in [5.74, 6) is 0.888. The molecule has 0 unspecified atom stereocenters. The number of halogens is 2. The number of aromatic nitrogens is 2. The molecule has 0 bridgehead atoms. The van der Waals surface area contributed by atoms with Gasteiger partial charge >= 0.3 is 0 Å². The predicted molar refractivity (Wildman–Crippen MR) is 112 cm³/mol. The molecular formula is C21H20ClFN4O3. The predicted octanol–water partition coefficient (Wildman–Crippen LogP) is 4.17. The Balaban J connectivity index is 1.69. The second-order valence-electron chi connectivity index (χ2n) is 6.96. The van der Waals surface area contributed by atoms with Crippen LogP contribution in [0.2, 0.25) is 5.02 Å². The van der Waals surface area contributed by atoms with Crippen LogP contribution in [0.4, 0.5) is 15.9 Å². The molecule has 0 radical (unpaired) electrons. The normalized spacial score (nSPS) is 16.0. The third-order valence-electron chi connectivity index (χ3n) is 5.01. The Hall–Kier alpha value is -3.13. The number of carbonyl (C=O) groups is 1. The number of methoxy groups -OCH3 is 1. The number of fused-ring (bicyclic) bond motifs is 1. The summed E-state index contributed by atoms with van der Waals surface area (Å²) in [5, 5.41) is 3.62. The zero-order chi connectivity index (χ0) is 21.3. The smallest absolute Gasteiger partial charge is 0.219 e. The van der Waals surface area contributed by atoms with Crippen molar-refractivity contribution < 1.29 is 18.7 Å². The molecule has 1 fully saturated rings. The fourth-order valence-corrected chi connectivity index (χ4v) is 3.61. The van der Waals surface area contributed by atoms with Gasteiger partial charge in [0, 0.05) is 31.3 Å². The molecule has 1 saturated heterocycles. The first-order chi connectivity index (χ1) is 14.5. The molecule has 1 aliphatic rings. The molecule has 4 rings (SSSR count). The van der Waals surface area contributed by atoms with E-state index in [1.807, 2.05) is 0 Å². The zero-order valence-electron chi connectivity index (χ0n) is 16.5. The molecule has 0 spiro atoms. The largest absolute Gasteiger partial charge is 0.493 e. The molecule has 2 aromatic carbocycles. The van der Waals surface area contributed by atoms with Gasteiger partial charge in [0.25, 0.3) is 0 Å². The van der Waals surface area contributed by atoms with Gasteiger partial charge in [-0.05, 0) is 18.2 Å². The van der Waals surface area contributed by atoms with Crippen LogP contribution < -0.4 is 14.8 Å². The van der Waals surface area contributed by atoms with Crippen LogP contribution in [0.1, 0.15) is 13.3 Å². The SMILES string of the molecule is COc1cc2ncnc(Nc3cccc(Cl)c3F)c2cc1O[C@@H]1CCN(C(C)=O)C1. The molecule has 7 nitrogen and oxygen atoms in total. The number of benzene rings is 2. The molecule has 9 heteroatoms. The zero-order valence-corrected chi connectivity index (χ0v) is 17.2. The Morgan fingerprint density at radius 3 is 2.87 bits per heavy atom. The average molecular weight is 431 g/mol. The highest BCUT2D eigenvalue weighted by atomic mass is 35.5. The lowest BCUT2D eigenvalue weighted by molar-refractivity contribution is -0.128. The maximum Gasteiger partial charge on any atom is 0.219 e. The van der Waals surface area contributed by atoms with Gasteiger partial charge in [0.05, 0.1) is 29.9 Å². The molecule has 1 aromatic heterocycles. The standard InChI is InChI=1S/C21H20ClFN4O3/c1-12(28)27-7-6-13(10-27)30-19-8-14-17(9-18(19)29-2)24-11-25-21(14)26-16-5-3-4-15(22)20(16)23/h3-5,8-9,11,13H,6-7,10H2,1-2H3,(H,24,25,26)/t13-/m1/s1. The van der Waals surface area contributed by atoms with Gasteiger partial charge in [-0.3, -0.25) is 4.79 Å². The Kier molecular flexibility index (Phi) is 5.59. The average Bonchev–Trinajstić information content (AvgIpc) is 3.20. The number of rotatable bonds is 5. The minimum absolute atomic E-state index is 0.0142. The molecule has 1 atom stereocenters. The highest BCUT2D eigenvalue weighted by Crippen LogP contribution is 2.36. The number of anilines is 2. The quantitative estimate of drug-likeness (QED) is 0.654. The number of nitrogens with zero attached hydrogens (tertiary/aromatic N) is 3. The highest BCUT2D eigenvalue weighted by molar-refractivity contribution is 6.31. The summed E-state index contributed by atoms with van der Waals surface area (Å²) in [6.07, 6.45) is 1.96. The third kappa shape index (κ3) is 3.95.